The lowest BCUT2D eigenvalue weighted by Gasteiger charge is -2.43. The van der Waals surface area contributed by atoms with Crippen LogP contribution in [0.3, 0.4) is 0 Å². The van der Waals surface area contributed by atoms with Crippen molar-refractivity contribution in [1.29, 1.82) is 0 Å². The molecule has 3 aromatic heterocycles. The molecule has 1 amide bonds. The second-order valence-corrected chi connectivity index (χ2v) is 6.76. The van der Waals surface area contributed by atoms with Gasteiger partial charge in [0.05, 0.1) is 18.2 Å². The first-order valence-electron chi connectivity index (χ1n) is 8.41. The second-order valence-electron chi connectivity index (χ2n) is 6.37. The van der Waals surface area contributed by atoms with E-state index in [9.17, 15) is 4.79 Å². The molecule has 0 fully saturated rings. The molecular weight excluding hydrogens is 348 g/mol. The molecule has 5 nitrogen and oxygen atoms in total. The van der Waals surface area contributed by atoms with E-state index in [4.69, 9.17) is 8.83 Å². The van der Waals surface area contributed by atoms with Gasteiger partial charge < -0.3 is 18.7 Å². The number of carbonyl (C=O) groups excluding carboxylic acids is 1. The van der Waals surface area contributed by atoms with E-state index in [1.165, 1.54) is 5.56 Å². The summed E-state index contributed by atoms with van der Waals surface area (Å²) in [5.74, 6) is 1.23. The van der Waals surface area contributed by atoms with Gasteiger partial charge in [-0.05, 0) is 42.3 Å². The largest absolute Gasteiger partial charge is 0.466 e. The predicted molar refractivity (Wildman–Crippen MR) is 100 cm³/mol. The smallest absolute Gasteiger partial charge is 0.280 e. The molecule has 1 aliphatic rings. The number of aromatic nitrogens is 1. The van der Waals surface area contributed by atoms with Crippen LogP contribution < -0.4 is 0 Å². The van der Waals surface area contributed by atoms with Crippen LogP contribution in [0.2, 0.25) is 0 Å². The summed E-state index contributed by atoms with van der Waals surface area (Å²) in [6, 6.07) is 15.5. The lowest BCUT2D eigenvalue weighted by molar-refractivity contribution is 0.136. The Hall–Kier alpha value is -2.86. The number of thiol groups is 1. The van der Waals surface area contributed by atoms with Crippen LogP contribution in [0.25, 0.3) is 10.9 Å². The monoisotopic (exact) mass is 364 g/mol. The highest BCUT2D eigenvalue weighted by Gasteiger charge is 2.53. The number of rotatable bonds is 2. The van der Waals surface area contributed by atoms with E-state index < -0.39 is 5.54 Å². The number of nitrogens with zero attached hydrogens (tertiary/aromatic N) is 1. The molecule has 0 radical (unpaired) electrons. The van der Waals surface area contributed by atoms with Gasteiger partial charge in [0.15, 0.2) is 5.54 Å². The Labute approximate surface area is 155 Å². The molecule has 0 unspecified atom stereocenters. The maximum atomic E-state index is 12.5. The number of aromatic amines is 1. The molecule has 1 N–H and O–H groups in total. The molecule has 0 saturated heterocycles. The lowest BCUT2D eigenvalue weighted by atomic mass is 9.81. The highest BCUT2D eigenvalue weighted by Crippen LogP contribution is 2.48. The van der Waals surface area contributed by atoms with Gasteiger partial charge in [-0.3, -0.25) is 4.79 Å². The zero-order chi connectivity index (χ0) is 17.7. The summed E-state index contributed by atoms with van der Waals surface area (Å²) in [6.45, 7) is 0.512. The van der Waals surface area contributed by atoms with Crippen molar-refractivity contribution < 1.29 is 13.6 Å². The van der Waals surface area contributed by atoms with Crippen molar-refractivity contribution in [3.05, 3.63) is 83.8 Å². The Morgan fingerprint density at radius 2 is 1.73 bits per heavy atom. The van der Waals surface area contributed by atoms with Crippen LogP contribution in [0.4, 0.5) is 4.79 Å². The quantitative estimate of drug-likeness (QED) is 0.513. The lowest BCUT2D eigenvalue weighted by Crippen LogP contribution is -2.53. The Balaban J connectivity index is 1.93. The van der Waals surface area contributed by atoms with Crippen LogP contribution in [-0.4, -0.2) is 21.7 Å². The fraction of sp³-hybridized carbons (Fsp3) is 0.150. The third-order valence-corrected chi connectivity index (χ3v) is 5.39. The number of benzene rings is 1. The van der Waals surface area contributed by atoms with Gasteiger partial charge in [-0.1, -0.05) is 30.8 Å². The number of carbonyl (C=O) groups is 1. The second kappa shape index (κ2) is 5.57. The molecule has 1 aliphatic heterocycles. The van der Waals surface area contributed by atoms with E-state index >= 15 is 0 Å². The minimum Gasteiger partial charge on any atom is -0.466 e. The summed E-state index contributed by atoms with van der Waals surface area (Å²) in [5, 5.41) is 0.818. The molecule has 0 bridgehead atoms. The first-order valence-corrected chi connectivity index (χ1v) is 8.86. The van der Waals surface area contributed by atoms with Gasteiger partial charge in [0.1, 0.15) is 11.5 Å². The fourth-order valence-corrected chi connectivity index (χ4v) is 4.39. The minimum absolute atomic E-state index is 0.331. The molecule has 0 aliphatic carbocycles. The first-order chi connectivity index (χ1) is 12.7. The zero-order valence-electron chi connectivity index (χ0n) is 13.8. The zero-order valence-corrected chi connectivity index (χ0v) is 14.7. The summed E-state index contributed by atoms with van der Waals surface area (Å²) in [5.41, 5.74) is 2.06. The van der Waals surface area contributed by atoms with E-state index in [1.54, 1.807) is 17.4 Å². The van der Waals surface area contributed by atoms with Gasteiger partial charge in [0, 0.05) is 17.4 Å². The Bertz CT molecular complexity index is 1050. The van der Waals surface area contributed by atoms with Crippen molar-refractivity contribution in [2.45, 2.75) is 12.0 Å². The number of fused-ring (bicyclic) bond motifs is 3. The molecule has 26 heavy (non-hydrogen) atoms. The number of hydrogen-bond acceptors (Lipinski definition) is 3. The van der Waals surface area contributed by atoms with Gasteiger partial charge in [-0.25, -0.2) is 0 Å². The van der Waals surface area contributed by atoms with Crippen LogP contribution in [0.15, 0.2) is 69.9 Å². The Kier molecular flexibility index (Phi) is 3.30. The van der Waals surface area contributed by atoms with Crippen molar-refractivity contribution in [3.8, 4) is 0 Å². The average molecular weight is 364 g/mol. The van der Waals surface area contributed by atoms with E-state index in [0.29, 0.717) is 18.1 Å². The van der Waals surface area contributed by atoms with Crippen molar-refractivity contribution in [3.63, 3.8) is 0 Å². The number of nitrogens with one attached hydrogen (secondary N) is 1. The number of furan rings is 2. The van der Waals surface area contributed by atoms with Crippen molar-refractivity contribution >= 4 is 28.8 Å². The standard InChI is InChI=1S/C20H16N2O3S/c23-19(26)22-10-9-14-13-5-1-2-6-15(13)21-18(14)20(22,16-7-3-11-24-16)17-8-4-12-25-17/h1-8,11-12,21H,9-10H2,(H,23,26). The molecule has 5 rings (SSSR count). The molecule has 1 aromatic carbocycles. The molecule has 0 atom stereocenters. The molecule has 6 heteroatoms. The minimum atomic E-state index is -1.02. The fourth-order valence-electron chi connectivity index (χ4n) is 4.14. The van der Waals surface area contributed by atoms with E-state index in [2.05, 4.69) is 23.7 Å². The van der Waals surface area contributed by atoms with Crippen LogP contribution >= 0.6 is 12.6 Å². The number of H-pyrrole nitrogens is 1. The van der Waals surface area contributed by atoms with Crippen LogP contribution in [0, 0.1) is 0 Å². The maximum Gasteiger partial charge on any atom is 0.280 e. The van der Waals surface area contributed by atoms with Crippen molar-refractivity contribution in [2.24, 2.45) is 0 Å². The molecule has 130 valence electrons. The number of hydrogen-bond donors (Lipinski definition) is 2. The van der Waals surface area contributed by atoms with Gasteiger partial charge in [0.25, 0.3) is 5.24 Å². The number of para-hydroxylation sites is 1. The van der Waals surface area contributed by atoms with Gasteiger partial charge in [-0.2, -0.15) is 0 Å². The van der Waals surface area contributed by atoms with Crippen LogP contribution in [0.1, 0.15) is 22.8 Å². The molecule has 0 saturated carbocycles. The predicted octanol–water partition coefficient (Wildman–Crippen LogP) is 4.55. The summed E-state index contributed by atoms with van der Waals surface area (Å²) >= 11 is 4.16. The summed E-state index contributed by atoms with van der Waals surface area (Å²) in [7, 11) is 0. The summed E-state index contributed by atoms with van der Waals surface area (Å²) in [4.78, 5) is 17.7. The van der Waals surface area contributed by atoms with E-state index in [1.807, 2.05) is 42.5 Å². The van der Waals surface area contributed by atoms with Crippen molar-refractivity contribution in [2.75, 3.05) is 6.54 Å². The Morgan fingerprint density at radius 1 is 1.04 bits per heavy atom. The summed E-state index contributed by atoms with van der Waals surface area (Å²) < 4.78 is 11.7. The van der Waals surface area contributed by atoms with Gasteiger partial charge >= 0.3 is 0 Å². The molecule has 0 spiro atoms. The summed E-state index contributed by atoms with van der Waals surface area (Å²) in [6.07, 6.45) is 3.95. The maximum absolute atomic E-state index is 12.5. The highest BCUT2D eigenvalue weighted by molar-refractivity contribution is 7.96. The highest BCUT2D eigenvalue weighted by atomic mass is 32.1. The third kappa shape index (κ3) is 1.90. The van der Waals surface area contributed by atoms with Gasteiger partial charge in [-0.15, -0.1) is 0 Å². The molecule has 4 heterocycles. The topological polar surface area (TPSA) is 62.4 Å². The van der Waals surface area contributed by atoms with E-state index in [-0.39, 0.29) is 5.24 Å². The van der Waals surface area contributed by atoms with Gasteiger partial charge in [0.2, 0.25) is 0 Å². The van der Waals surface area contributed by atoms with Crippen LogP contribution in [-0.2, 0) is 12.0 Å². The third-order valence-electron chi connectivity index (χ3n) is 5.15. The SMILES string of the molecule is O=C(S)N1CCc2c([nH]c3ccccc23)C1(c1ccco1)c1ccco1. The van der Waals surface area contributed by atoms with Crippen LogP contribution in [0.5, 0.6) is 0 Å². The van der Waals surface area contributed by atoms with Crippen molar-refractivity contribution in [1.82, 2.24) is 9.88 Å². The normalized spacial score (nSPS) is 16.0. The Morgan fingerprint density at radius 3 is 2.35 bits per heavy atom. The molecular formula is C20H16N2O3S. The van der Waals surface area contributed by atoms with E-state index in [0.717, 1.165) is 23.0 Å². The molecule has 4 aromatic rings. The average Bonchev–Trinajstić information content (AvgIpc) is 3.40. The first kappa shape index (κ1) is 15.4. The number of amides is 1.